The monoisotopic (exact) mass is 300 g/mol. The van der Waals surface area contributed by atoms with Crippen molar-refractivity contribution in [1.29, 1.82) is 0 Å². The number of benzene rings is 1. The molecule has 0 saturated carbocycles. The largest absolute Gasteiger partial charge is 0.497 e. The van der Waals surface area contributed by atoms with Gasteiger partial charge in [0, 0.05) is 28.4 Å². The topological polar surface area (TPSA) is 72.1 Å². The van der Waals surface area contributed by atoms with E-state index >= 15 is 0 Å². The van der Waals surface area contributed by atoms with E-state index in [1.807, 2.05) is 24.3 Å². The Morgan fingerprint density at radius 3 is 2.47 bits per heavy atom. The summed E-state index contributed by atoms with van der Waals surface area (Å²) < 4.78 is 27.9. The summed E-state index contributed by atoms with van der Waals surface area (Å²) in [5.74, 6) is 0.748. The van der Waals surface area contributed by atoms with E-state index in [0.717, 1.165) is 11.3 Å². The van der Waals surface area contributed by atoms with Gasteiger partial charge in [-0.2, -0.15) is 5.10 Å². The lowest BCUT2D eigenvalue weighted by molar-refractivity contribution is 0.414. The number of ether oxygens (including phenoxy) is 1. The summed E-state index contributed by atoms with van der Waals surface area (Å²) in [5, 5.41) is 6.29. The molecule has 2 rings (SSSR count). The summed E-state index contributed by atoms with van der Waals surface area (Å²) in [6.07, 6.45) is 0.438. The van der Waals surface area contributed by atoms with Gasteiger partial charge in [0.05, 0.1) is 7.11 Å². The minimum atomic E-state index is -3.84. The Bertz CT molecular complexity index is 678. The molecular weight excluding hydrogens is 288 g/mol. The highest BCUT2D eigenvalue weighted by molar-refractivity contribution is 8.13. The summed E-state index contributed by atoms with van der Waals surface area (Å²) in [4.78, 5) is 0. The molecule has 1 aromatic heterocycles. The highest BCUT2D eigenvalue weighted by Crippen LogP contribution is 2.23. The zero-order valence-electron chi connectivity index (χ0n) is 10.5. The van der Waals surface area contributed by atoms with Crippen molar-refractivity contribution in [2.75, 3.05) is 7.11 Å². The van der Waals surface area contributed by atoms with E-state index in [4.69, 9.17) is 15.4 Å². The zero-order valence-corrected chi connectivity index (χ0v) is 12.0. The summed E-state index contributed by atoms with van der Waals surface area (Å²) in [7, 11) is 3.11. The minimum absolute atomic E-state index is 0.109. The predicted molar refractivity (Wildman–Crippen MR) is 72.2 cm³/mol. The first-order valence-electron chi connectivity index (χ1n) is 5.53. The first kappa shape index (κ1) is 13.9. The van der Waals surface area contributed by atoms with Crippen LogP contribution in [0.5, 0.6) is 5.75 Å². The molecule has 1 aromatic carbocycles. The average Bonchev–Trinajstić information content (AvgIpc) is 2.72. The summed E-state index contributed by atoms with van der Waals surface area (Å²) in [6.45, 7) is 1.76. The molecular formula is C12H13ClN2O3S. The van der Waals surface area contributed by atoms with Crippen molar-refractivity contribution < 1.29 is 13.2 Å². The second-order valence-electron chi connectivity index (χ2n) is 4.10. The molecule has 1 heterocycles. The summed E-state index contributed by atoms with van der Waals surface area (Å²) >= 11 is 0. The van der Waals surface area contributed by atoms with Gasteiger partial charge in [0.25, 0.3) is 9.05 Å². The Labute approximate surface area is 116 Å². The lowest BCUT2D eigenvalue weighted by atomic mass is 10.1. The predicted octanol–water partition coefficient (Wildman–Crippen LogP) is 2.25. The van der Waals surface area contributed by atoms with Crippen molar-refractivity contribution >= 4 is 19.7 Å². The molecule has 0 spiro atoms. The molecule has 0 bridgehead atoms. The van der Waals surface area contributed by atoms with Crippen molar-refractivity contribution in [1.82, 2.24) is 10.2 Å². The molecule has 0 aliphatic heterocycles. The quantitative estimate of drug-likeness (QED) is 0.879. The van der Waals surface area contributed by atoms with Crippen LogP contribution in [-0.4, -0.2) is 25.7 Å². The second kappa shape index (κ2) is 5.22. The van der Waals surface area contributed by atoms with Gasteiger partial charge in [-0.3, -0.25) is 5.10 Å². The van der Waals surface area contributed by atoms with E-state index in [1.54, 1.807) is 14.0 Å². The van der Waals surface area contributed by atoms with Gasteiger partial charge in [0.2, 0.25) is 0 Å². The number of halogens is 1. The Balaban J connectivity index is 2.35. The van der Waals surface area contributed by atoms with E-state index in [2.05, 4.69) is 10.2 Å². The first-order chi connectivity index (χ1) is 8.91. The van der Waals surface area contributed by atoms with E-state index in [9.17, 15) is 8.42 Å². The lowest BCUT2D eigenvalue weighted by Crippen LogP contribution is -1.98. The standard InChI is InChI=1S/C12H13ClN2O3S/c1-8-11(12(15-14-8)19(13,16)17)7-9-3-5-10(18-2)6-4-9/h3-6H,7H2,1-2H3,(H,14,15). The number of aromatic amines is 1. The number of rotatable bonds is 4. The van der Waals surface area contributed by atoms with Gasteiger partial charge >= 0.3 is 0 Å². The smallest absolute Gasteiger partial charge is 0.280 e. The maximum absolute atomic E-state index is 11.4. The number of H-pyrrole nitrogens is 1. The van der Waals surface area contributed by atoms with Crippen molar-refractivity contribution in [2.24, 2.45) is 0 Å². The van der Waals surface area contributed by atoms with Crippen molar-refractivity contribution in [3.05, 3.63) is 41.1 Å². The van der Waals surface area contributed by atoms with Crippen LogP contribution in [0.25, 0.3) is 0 Å². The van der Waals surface area contributed by atoms with E-state index in [-0.39, 0.29) is 5.03 Å². The van der Waals surface area contributed by atoms with Crippen LogP contribution in [0, 0.1) is 6.92 Å². The molecule has 0 radical (unpaired) electrons. The summed E-state index contributed by atoms with van der Waals surface area (Å²) in [5.41, 5.74) is 2.22. The third-order valence-corrected chi connectivity index (χ3v) is 4.04. The van der Waals surface area contributed by atoms with Crippen LogP contribution in [0.1, 0.15) is 16.8 Å². The molecule has 0 saturated heterocycles. The minimum Gasteiger partial charge on any atom is -0.497 e. The molecule has 7 heteroatoms. The molecule has 0 aliphatic rings. The Morgan fingerprint density at radius 1 is 1.32 bits per heavy atom. The zero-order chi connectivity index (χ0) is 14.0. The molecule has 0 unspecified atom stereocenters. The van der Waals surface area contributed by atoms with Gasteiger partial charge in [-0.15, -0.1) is 0 Å². The number of aryl methyl sites for hydroxylation is 1. The number of hydrogen-bond acceptors (Lipinski definition) is 4. The fourth-order valence-electron chi connectivity index (χ4n) is 1.79. The molecule has 0 atom stereocenters. The maximum atomic E-state index is 11.4. The maximum Gasteiger partial charge on any atom is 0.280 e. The summed E-state index contributed by atoms with van der Waals surface area (Å²) in [6, 6.07) is 7.38. The molecule has 0 amide bonds. The van der Waals surface area contributed by atoms with Crippen molar-refractivity contribution in [3.63, 3.8) is 0 Å². The Kier molecular flexibility index (Phi) is 3.82. The van der Waals surface area contributed by atoms with Crippen molar-refractivity contribution in [3.8, 4) is 5.75 Å². The molecule has 0 aliphatic carbocycles. The number of nitrogens with one attached hydrogen (secondary N) is 1. The molecule has 5 nitrogen and oxygen atoms in total. The van der Waals surface area contributed by atoms with Gasteiger partial charge in [-0.25, -0.2) is 8.42 Å². The second-order valence-corrected chi connectivity index (χ2v) is 6.58. The number of hydrogen-bond donors (Lipinski definition) is 1. The molecule has 1 N–H and O–H groups in total. The molecule has 0 fully saturated rings. The fraction of sp³-hybridized carbons (Fsp3) is 0.250. The molecule has 2 aromatic rings. The highest BCUT2D eigenvalue weighted by atomic mass is 35.7. The fourth-order valence-corrected chi connectivity index (χ4v) is 2.84. The number of aromatic nitrogens is 2. The van der Waals surface area contributed by atoms with E-state index < -0.39 is 9.05 Å². The van der Waals surface area contributed by atoms with Crippen LogP contribution in [0.4, 0.5) is 0 Å². The van der Waals surface area contributed by atoms with Crippen LogP contribution in [0.15, 0.2) is 29.3 Å². The van der Waals surface area contributed by atoms with Crippen molar-refractivity contribution in [2.45, 2.75) is 18.4 Å². The van der Waals surface area contributed by atoms with Crippen LogP contribution in [0.2, 0.25) is 0 Å². The number of methoxy groups -OCH3 is 1. The number of nitrogens with zero attached hydrogens (tertiary/aromatic N) is 1. The van der Waals surface area contributed by atoms with Gasteiger partial charge in [-0.1, -0.05) is 12.1 Å². The van der Waals surface area contributed by atoms with E-state index in [0.29, 0.717) is 17.7 Å². The third kappa shape index (κ3) is 3.08. The average molecular weight is 301 g/mol. The van der Waals surface area contributed by atoms with Gasteiger partial charge in [-0.05, 0) is 24.6 Å². The van der Waals surface area contributed by atoms with Gasteiger partial charge in [0.1, 0.15) is 5.75 Å². The van der Waals surface area contributed by atoms with Crippen LogP contribution in [-0.2, 0) is 15.5 Å². The molecule has 102 valence electrons. The Morgan fingerprint density at radius 2 is 1.95 bits per heavy atom. The van der Waals surface area contributed by atoms with Crippen LogP contribution >= 0.6 is 10.7 Å². The van der Waals surface area contributed by atoms with Crippen LogP contribution < -0.4 is 4.74 Å². The van der Waals surface area contributed by atoms with E-state index in [1.165, 1.54) is 0 Å². The van der Waals surface area contributed by atoms with Gasteiger partial charge in [0.15, 0.2) is 5.03 Å². The lowest BCUT2D eigenvalue weighted by Gasteiger charge is -2.04. The molecule has 19 heavy (non-hydrogen) atoms. The Hall–Kier alpha value is -1.53. The van der Waals surface area contributed by atoms with Gasteiger partial charge < -0.3 is 4.74 Å². The highest BCUT2D eigenvalue weighted by Gasteiger charge is 2.21. The SMILES string of the molecule is COc1ccc(Cc2c(S(=O)(=O)Cl)n[nH]c2C)cc1. The normalized spacial score (nSPS) is 11.5. The third-order valence-electron chi connectivity index (χ3n) is 2.81. The van der Waals surface area contributed by atoms with Crippen LogP contribution in [0.3, 0.4) is 0 Å². The first-order valence-corrected chi connectivity index (χ1v) is 7.84.